The van der Waals surface area contributed by atoms with Gasteiger partial charge in [0.1, 0.15) is 0 Å². The Morgan fingerprint density at radius 1 is 1.54 bits per heavy atom. The van der Waals surface area contributed by atoms with Crippen LogP contribution in [0.3, 0.4) is 0 Å². The quantitative estimate of drug-likeness (QED) is 0.664. The zero-order valence-electron chi connectivity index (χ0n) is 9.05. The summed E-state index contributed by atoms with van der Waals surface area (Å²) in [7, 11) is 0. The first-order valence-corrected chi connectivity index (χ1v) is 5.70. The highest BCUT2D eigenvalue weighted by Gasteiger charge is 2.24. The smallest absolute Gasteiger partial charge is 0.0105 e. The Labute approximate surface area is 82.4 Å². The molecule has 1 rings (SSSR count). The average molecular weight is 181 g/mol. The molecule has 1 aliphatic carbocycles. The van der Waals surface area contributed by atoms with E-state index in [1.807, 2.05) is 0 Å². The van der Waals surface area contributed by atoms with Crippen molar-refractivity contribution >= 4 is 0 Å². The fourth-order valence-electron chi connectivity index (χ4n) is 2.39. The van der Waals surface area contributed by atoms with Gasteiger partial charge in [0, 0.05) is 6.04 Å². The third-order valence-corrected chi connectivity index (χ3v) is 3.24. The summed E-state index contributed by atoms with van der Waals surface area (Å²) >= 11 is 0. The number of hydrogen-bond acceptors (Lipinski definition) is 1. The summed E-state index contributed by atoms with van der Waals surface area (Å²) in [6.45, 7) is 4.41. The van der Waals surface area contributed by atoms with E-state index in [1.54, 1.807) is 5.57 Å². The van der Waals surface area contributed by atoms with Crippen molar-refractivity contribution in [2.75, 3.05) is 0 Å². The first-order chi connectivity index (χ1) is 6.29. The zero-order chi connectivity index (χ0) is 9.68. The Balaban J connectivity index is 2.52. The van der Waals surface area contributed by atoms with Crippen LogP contribution in [0.1, 0.15) is 52.4 Å². The molecule has 2 unspecified atom stereocenters. The van der Waals surface area contributed by atoms with Crippen molar-refractivity contribution in [1.29, 1.82) is 0 Å². The lowest BCUT2D eigenvalue weighted by atomic mass is 9.78. The minimum atomic E-state index is 0.437. The molecule has 0 saturated heterocycles. The van der Waals surface area contributed by atoms with E-state index in [2.05, 4.69) is 19.9 Å². The highest BCUT2D eigenvalue weighted by atomic mass is 14.7. The molecule has 0 radical (unpaired) electrons. The first kappa shape index (κ1) is 10.8. The molecule has 1 heteroatoms. The van der Waals surface area contributed by atoms with E-state index >= 15 is 0 Å². The SMILES string of the molecule is C/C=C1\CCCC(N)C1CCCC. The van der Waals surface area contributed by atoms with Gasteiger partial charge in [0.15, 0.2) is 0 Å². The van der Waals surface area contributed by atoms with Gasteiger partial charge in [-0.05, 0) is 38.5 Å². The van der Waals surface area contributed by atoms with Gasteiger partial charge in [-0.2, -0.15) is 0 Å². The van der Waals surface area contributed by atoms with Crippen LogP contribution >= 0.6 is 0 Å². The second-order valence-corrected chi connectivity index (χ2v) is 4.17. The molecule has 0 aromatic rings. The highest BCUT2D eigenvalue weighted by molar-refractivity contribution is 5.11. The van der Waals surface area contributed by atoms with E-state index in [-0.39, 0.29) is 0 Å². The molecule has 76 valence electrons. The normalized spacial score (nSPS) is 32.4. The van der Waals surface area contributed by atoms with Gasteiger partial charge in [0.05, 0.1) is 0 Å². The molecule has 2 atom stereocenters. The van der Waals surface area contributed by atoms with Crippen LogP contribution in [0.4, 0.5) is 0 Å². The van der Waals surface area contributed by atoms with E-state index in [1.165, 1.54) is 38.5 Å². The van der Waals surface area contributed by atoms with E-state index in [4.69, 9.17) is 5.73 Å². The Morgan fingerprint density at radius 2 is 2.31 bits per heavy atom. The van der Waals surface area contributed by atoms with E-state index < -0.39 is 0 Å². The minimum absolute atomic E-state index is 0.437. The van der Waals surface area contributed by atoms with Gasteiger partial charge in [0.2, 0.25) is 0 Å². The van der Waals surface area contributed by atoms with Crippen molar-refractivity contribution in [1.82, 2.24) is 0 Å². The summed E-state index contributed by atoms with van der Waals surface area (Å²) in [5.41, 5.74) is 7.76. The number of allylic oxidation sites excluding steroid dienone is 1. The third kappa shape index (κ3) is 2.84. The predicted octanol–water partition coefficient (Wildman–Crippen LogP) is 3.25. The standard InChI is InChI=1S/C12H23N/c1-3-5-8-11-10(4-2)7-6-9-12(11)13/h4,11-12H,3,5-9,13H2,1-2H3/b10-4+. The lowest BCUT2D eigenvalue weighted by molar-refractivity contribution is 0.360. The van der Waals surface area contributed by atoms with Gasteiger partial charge < -0.3 is 5.73 Å². The Hall–Kier alpha value is -0.300. The summed E-state index contributed by atoms with van der Waals surface area (Å²) in [5.74, 6) is 0.693. The molecule has 0 aromatic carbocycles. The molecule has 0 heterocycles. The van der Waals surface area contributed by atoms with Crippen molar-refractivity contribution in [3.63, 3.8) is 0 Å². The van der Waals surface area contributed by atoms with E-state index in [9.17, 15) is 0 Å². The molecule has 0 aromatic heterocycles. The second-order valence-electron chi connectivity index (χ2n) is 4.17. The molecule has 1 nitrogen and oxygen atoms in total. The van der Waals surface area contributed by atoms with Crippen molar-refractivity contribution in [2.24, 2.45) is 11.7 Å². The van der Waals surface area contributed by atoms with Crippen LogP contribution < -0.4 is 5.73 Å². The van der Waals surface area contributed by atoms with Crippen LogP contribution in [0, 0.1) is 5.92 Å². The van der Waals surface area contributed by atoms with Crippen LogP contribution in [0.15, 0.2) is 11.6 Å². The van der Waals surface area contributed by atoms with Crippen molar-refractivity contribution in [2.45, 2.75) is 58.4 Å². The van der Waals surface area contributed by atoms with Gasteiger partial charge in [-0.3, -0.25) is 0 Å². The average Bonchev–Trinajstić information content (AvgIpc) is 2.15. The highest BCUT2D eigenvalue weighted by Crippen LogP contribution is 2.32. The predicted molar refractivity (Wildman–Crippen MR) is 58.6 cm³/mol. The fourth-order valence-corrected chi connectivity index (χ4v) is 2.39. The number of rotatable bonds is 3. The Morgan fingerprint density at radius 3 is 2.92 bits per heavy atom. The van der Waals surface area contributed by atoms with Gasteiger partial charge in [0.25, 0.3) is 0 Å². The first-order valence-electron chi connectivity index (χ1n) is 5.70. The molecule has 0 spiro atoms. The third-order valence-electron chi connectivity index (χ3n) is 3.24. The molecular weight excluding hydrogens is 158 g/mol. The van der Waals surface area contributed by atoms with Crippen molar-refractivity contribution in [3.8, 4) is 0 Å². The summed E-state index contributed by atoms with van der Waals surface area (Å²) in [6.07, 6.45) is 10.0. The van der Waals surface area contributed by atoms with E-state index in [0.29, 0.717) is 12.0 Å². The second kappa shape index (κ2) is 5.43. The lowest BCUT2D eigenvalue weighted by Gasteiger charge is -2.31. The molecule has 13 heavy (non-hydrogen) atoms. The fraction of sp³-hybridized carbons (Fsp3) is 0.833. The molecule has 1 fully saturated rings. The zero-order valence-corrected chi connectivity index (χ0v) is 9.05. The topological polar surface area (TPSA) is 26.0 Å². The Kier molecular flexibility index (Phi) is 4.51. The molecular formula is C12H23N. The summed E-state index contributed by atoms with van der Waals surface area (Å²) in [4.78, 5) is 0. The molecule has 2 N–H and O–H groups in total. The number of hydrogen-bond donors (Lipinski definition) is 1. The molecule has 0 aliphatic heterocycles. The summed E-state index contributed by atoms with van der Waals surface area (Å²) < 4.78 is 0. The van der Waals surface area contributed by atoms with E-state index in [0.717, 1.165) is 0 Å². The van der Waals surface area contributed by atoms with Crippen molar-refractivity contribution in [3.05, 3.63) is 11.6 Å². The molecule has 1 aliphatic rings. The maximum atomic E-state index is 6.14. The van der Waals surface area contributed by atoms with Crippen LogP contribution in [-0.4, -0.2) is 6.04 Å². The number of unbranched alkanes of at least 4 members (excludes halogenated alkanes) is 1. The molecule has 0 bridgehead atoms. The van der Waals surface area contributed by atoms with Gasteiger partial charge >= 0.3 is 0 Å². The minimum Gasteiger partial charge on any atom is -0.327 e. The summed E-state index contributed by atoms with van der Waals surface area (Å²) in [5, 5.41) is 0. The van der Waals surface area contributed by atoms with Gasteiger partial charge in [-0.15, -0.1) is 0 Å². The Bertz CT molecular complexity index is 172. The maximum absolute atomic E-state index is 6.14. The van der Waals surface area contributed by atoms with Gasteiger partial charge in [-0.1, -0.05) is 31.4 Å². The van der Waals surface area contributed by atoms with Gasteiger partial charge in [-0.25, -0.2) is 0 Å². The maximum Gasteiger partial charge on any atom is 0.0105 e. The molecule has 1 saturated carbocycles. The van der Waals surface area contributed by atoms with Crippen molar-refractivity contribution < 1.29 is 0 Å². The largest absolute Gasteiger partial charge is 0.327 e. The summed E-state index contributed by atoms with van der Waals surface area (Å²) in [6, 6.07) is 0.437. The van der Waals surface area contributed by atoms with Crippen LogP contribution in [0.25, 0.3) is 0 Å². The molecule has 0 amide bonds. The monoisotopic (exact) mass is 181 g/mol. The lowest BCUT2D eigenvalue weighted by Crippen LogP contribution is -2.34. The van der Waals surface area contributed by atoms with Crippen LogP contribution in [0.2, 0.25) is 0 Å². The number of nitrogens with two attached hydrogens (primary N) is 1. The van der Waals surface area contributed by atoms with Crippen LogP contribution in [0.5, 0.6) is 0 Å². The van der Waals surface area contributed by atoms with Crippen LogP contribution in [-0.2, 0) is 0 Å².